The number of nitrogens with one attached hydrogen (secondary N) is 4. The molecule has 13 nitrogen and oxygen atoms in total. The number of hydrazine groups is 1. The van der Waals surface area contributed by atoms with Crippen molar-refractivity contribution in [3.8, 4) is 0 Å². The molecule has 0 fully saturated rings. The average molecular weight is 364 g/mol. The van der Waals surface area contributed by atoms with Gasteiger partial charge in [0.05, 0.1) is 18.8 Å². The van der Waals surface area contributed by atoms with E-state index in [1.165, 1.54) is 6.92 Å². The molecule has 0 spiro atoms. The second-order valence-electron chi connectivity index (χ2n) is 5.20. The first-order chi connectivity index (χ1) is 11.6. The lowest BCUT2D eigenvalue weighted by Gasteiger charge is -2.21. The number of carbonyl (C=O) groups excluding carboxylic acids is 3. The zero-order valence-corrected chi connectivity index (χ0v) is 13.6. The van der Waals surface area contributed by atoms with Crippen LogP contribution in [0.4, 0.5) is 4.79 Å². The molecule has 0 heterocycles. The summed E-state index contributed by atoms with van der Waals surface area (Å²) >= 11 is 0. The number of aliphatic hydroxyl groups is 2. The van der Waals surface area contributed by atoms with E-state index in [1.807, 2.05) is 5.32 Å². The van der Waals surface area contributed by atoms with Crippen molar-refractivity contribution in [1.82, 2.24) is 21.5 Å². The molecule has 0 aromatic carbocycles. The van der Waals surface area contributed by atoms with Crippen molar-refractivity contribution in [2.75, 3.05) is 13.2 Å². The minimum Gasteiger partial charge on any atom is -0.480 e. The summed E-state index contributed by atoms with van der Waals surface area (Å²) in [5.74, 6) is -2.92. The molecule has 0 rings (SSSR count). The Labute approximate surface area is 143 Å². The highest BCUT2D eigenvalue weighted by Crippen LogP contribution is 1.92. The van der Waals surface area contributed by atoms with Gasteiger partial charge < -0.3 is 37.4 Å². The van der Waals surface area contributed by atoms with E-state index >= 15 is 0 Å². The number of hydrogen-bond acceptors (Lipinski definition) is 8. The Morgan fingerprint density at radius 1 is 1.16 bits per heavy atom. The number of aliphatic hydroxyl groups excluding tert-OH is 2. The topological polar surface area (TPSA) is 229 Å². The minimum atomic E-state index is -1.52. The van der Waals surface area contributed by atoms with Gasteiger partial charge in [0.2, 0.25) is 5.91 Å². The van der Waals surface area contributed by atoms with Gasteiger partial charge in [-0.25, -0.2) is 15.0 Å². The van der Waals surface area contributed by atoms with Crippen LogP contribution in [-0.4, -0.2) is 76.5 Å². The van der Waals surface area contributed by atoms with E-state index in [2.05, 4.69) is 16.2 Å². The molecule has 0 aliphatic heterocycles. The Hall–Kier alpha value is -2.48. The van der Waals surface area contributed by atoms with Crippen molar-refractivity contribution in [3.63, 3.8) is 0 Å². The van der Waals surface area contributed by atoms with Crippen LogP contribution in [0.5, 0.6) is 0 Å². The van der Waals surface area contributed by atoms with Crippen LogP contribution in [0.25, 0.3) is 0 Å². The van der Waals surface area contributed by atoms with Crippen molar-refractivity contribution >= 4 is 23.8 Å². The van der Waals surface area contributed by atoms with Crippen LogP contribution in [0.1, 0.15) is 13.3 Å². The van der Waals surface area contributed by atoms with Crippen LogP contribution in [0.2, 0.25) is 0 Å². The predicted molar refractivity (Wildman–Crippen MR) is 83.6 cm³/mol. The number of carbonyl (C=O) groups is 4. The summed E-state index contributed by atoms with van der Waals surface area (Å²) in [6, 6.07) is -4.56. The molecule has 0 aromatic rings. The van der Waals surface area contributed by atoms with E-state index in [0.717, 1.165) is 0 Å². The third-order valence-electron chi connectivity index (χ3n) is 2.95. The van der Waals surface area contributed by atoms with Gasteiger partial charge in [0.15, 0.2) is 6.04 Å². The summed E-state index contributed by atoms with van der Waals surface area (Å²) in [4.78, 5) is 45.0. The number of amides is 4. The number of carboxylic acids is 1. The molecule has 0 radical (unpaired) electrons. The minimum absolute atomic E-state index is 0.147. The normalized spacial score (nSPS) is 15.4. The molecule has 4 atom stereocenters. The molecule has 0 saturated carbocycles. The molecule has 0 aliphatic rings. The summed E-state index contributed by atoms with van der Waals surface area (Å²) in [7, 11) is 0. The highest BCUT2D eigenvalue weighted by molar-refractivity contribution is 5.83. The van der Waals surface area contributed by atoms with Crippen molar-refractivity contribution in [2.24, 2.45) is 11.5 Å². The van der Waals surface area contributed by atoms with Crippen LogP contribution in [0.15, 0.2) is 0 Å². The van der Waals surface area contributed by atoms with Crippen LogP contribution >= 0.6 is 0 Å². The van der Waals surface area contributed by atoms with Gasteiger partial charge in [0.1, 0.15) is 6.04 Å². The molecule has 1 unspecified atom stereocenters. The van der Waals surface area contributed by atoms with Crippen molar-refractivity contribution < 1.29 is 34.5 Å². The fraction of sp³-hybridized carbons (Fsp3) is 0.667. The quantitative estimate of drug-likeness (QED) is 0.160. The standard InChI is InChI=1S/C12H24N6O7/c1-5(20)9(14)10(22)18-15-3-6(2-8(13)21)16-12(25)17-7(4-19)11(23)24/h5-7,9,15,19-20H,2-4,14H2,1H3,(H2,13,21)(H,18,22)(H,23,24)(H2,16,17,25)/t5?,6-,7-,9-/m0/s1. The Balaban J connectivity index is 4.55. The second-order valence-corrected chi connectivity index (χ2v) is 5.20. The molecule has 13 heteroatoms. The summed E-state index contributed by atoms with van der Waals surface area (Å²) in [6.45, 7) is 0.354. The van der Waals surface area contributed by atoms with E-state index in [4.69, 9.17) is 21.7 Å². The lowest BCUT2D eigenvalue weighted by molar-refractivity contribution is -0.140. The highest BCUT2D eigenvalue weighted by atomic mass is 16.4. The number of hydrogen-bond donors (Lipinski definition) is 9. The number of nitrogens with two attached hydrogens (primary N) is 2. The van der Waals surface area contributed by atoms with Crippen LogP contribution < -0.4 is 33.0 Å². The smallest absolute Gasteiger partial charge is 0.328 e. The van der Waals surface area contributed by atoms with E-state index in [9.17, 15) is 24.3 Å². The second kappa shape index (κ2) is 11.1. The van der Waals surface area contributed by atoms with Gasteiger partial charge in [0.25, 0.3) is 5.91 Å². The zero-order valence-electron chi connectivity index (χ0n) is 13.6. The molecule has 25 heavy (non-hydrogen) atoms. The Kier molecular flexibility index (Phi) is 10.0. The van der Waals surface area contributed by atoms with Gasteiger partial charge in [-0.1, -0.05) is 0 Å². The number of aliphatic carboxylic acids is 1. The van der Waals surface area contributed by atoms with E-state index < -0.39 is 54.7 Å². The van der Waals surface area contributed by atoms with Crippen molar-refractivity contribution in [2.45, 2.75) is 37.6 Å². The maximum absolute atomic E-state index is 11.7. The van der Waals surface area contributed by atoms with Gasteiger partial charge in [-0.3, -0.25) is 15.0 Å². The van der Waals surface area contributed by atoms with Crippen LogP contribution in [0.3, 0.4) is 0 Å². The van der Waals surface area contributed by atoms with Crippen LogP contribution in [0, 0.1) is 0 Å². The summed E-state index contributed by atoms with van der Waals surface area (Å²) in [5, 5.41) is 31.0. The number of carboxylic acid groups (broad SMARTS) is 1. The van der Waals surface area contributed by atoms with Crippen molar-refractivity contribution in [1.29, 1.82) is 0 Å². The summed E-state index contributed by atoms with van der Waals surface area (Å²) in [5.41, 5.74) is 15.0. The Morgan fingerprint density at radius 3 is 2.20 bits per heavy atom. The molecule has 0 aromatic heterocycles. The third-order valence-corrected chi connectivity index (χ3v) is 2.95. The lowest BCUT2D eigenvalue weighted by Crippen LogP contribution is -2.56. The number of rotatable bonds is 11. The van der Waals surface area contributed by atoms with E-state index in [0.29, 0.717) is 0 Å². The number of primary amides is 1. The molecule has 11 N–H and O–H groups in total. The molecular formula is C12H24N6O7. The van der Waals surface area contributed by atoms with Crippen LogP contribution in [-0.2, 0) is 14.4 Å². The van der Waals surface area contributed by atoms with Crippen molar-refractivity contribution in [3.05, 3.63) is 0 Å². The maximum Gasteiger partial charge on any atom is 0.328 e. The molecule has 4 amide bonds. The first-order valence-corrected chi connectivity index (χ1v) is 7.23. The van der Waals surface area contributed by atoms with E-state index in [1.54, 1.807) is 0 Å². The summed E-state index contributed by atoms with van der Waals surface area (Å²) < 4.78 is 0. The molecule has 0 aliphatic carbocycles. The molecular weight excluding hydrogens is 340 g/mol. The van der Waals surface area contributed by atoms with E-state index in [-0.39, 0.29) is 13.0 Å². The largest absolute Gasteiger partial charge is 0.480 e. The fourth-order valence-corrected chi connectivity index (χ4v) is 1.55. The fourth-order valence-electron chi connectivity index (χ4n) is 1.55. The first-order valence-electron chi connectivity index (χ1n) is 7.23. The first kappa shape index (κ1) is 22.5. The lowest BCUT2D eigenvalue weighted by atomic mass is 10.2. The van der Waals surface area contributed by atoms with Gasteiger partial charge in [-0.05, 0) is 6.92 Å². The monoisotopic (exact) mass is 364 g/mol. The van der Waals surface area contributed by atoms with Gasteiger partial charge in [-0.15, -0.1) is 0 Å². The molecule has 0 saturated heterocycles. The Bertz CT molecular complexity index is 487. The Morgan fingerprint density at radius 2 is 1.76 bits per heavy atom. The third kappa shape index (κ3) is 9.41. The van der Waals surface area contributed by atoms with Gasteiger partial charge >= 0.3 is 12.0 Å². The predicted octanol–water partition coefficient (Wildman–Crippen LogP) is -4.70. The zero-order chi connectivity index (χ0) is 19.6. The molecule has 0 bridgehead atoms. The summed E-state index contributed by atoms with van der Waals surface area (Å²) in [6.07, 6.45) is -1.39. The molecule has 144 valence electrons. The van der Waals surface area contributed by atoms with Gasteiger partial charge in [-0.2, -0.15) is 0 Å². The number of urea groups is 1. The SMILES string of the molecule is CC(O)[C@H](N)C(=O)NNC[C@H](CC(N)=O)NC(=O)N[C@@H](CO)C(=O)O. The average Bonchev–Trinajstić information content (AvgIpc) is 2.50. The van der Waals surface area contributed by atoms with Gasteiger partial charge in [0, 0.05) is 13.0 Å². The highest BCUT2D eigenvalue weighted by Gasteiger charge is 2.22. The maximum atomic E-state index is 11.7.